The zero-order chi connectivity index (χ0) is 18.1. The Hall–Kier alpha value is -2.36. The predicted octanol–water partition coefficient (Wildman–Crippen LogP) is 2.14. The molecule has 2 aromatic heterocycles. The maximum atomic E-state index is 12.3. The first-order valence-corrected chi connectivity index (χ1v) is 8.05. The van der Waals surface area contributed by atoms with Crippen molar-refractivity contribution in [2.24, 2.45) is 0 Å². The summed E-state index contributed by atoms with van der Waals surface area (Å²) in [7, 11) is -5.82. The van der Waals surface area contributed by atoms with Crippen molar-refractivity contribution in [3.8, 4) is 5.75 Å². The third-order valence-corrected chi connectivity index (χ3v) is 4.04. The van der Waals surface area contributed by atoms with Gasteiger partial charge < -0.3 is 8.75 Å². The van der Waals surface area contributed by atoms with Crippen molar-refractivity contribution in [1.82, 2.24) is 9.55 Å². The molecule has 0 atom stereocenters. The molecule has 2 aromatic rings. The van der Waals surface area contributed by atoms with E-state index in [1.807, 2.05) is 0 Å². The molecule has 0 aliphatic rings. The molecule has 0 aliphatic heterocycles. The molecule has 0 unspecified atom stereocenters. The van der Waals surface area contributed by atoms with Crippen LogP contribution in [0.2, 0.25) is 0 Å². The summed E-state index contributed by atoms with van der Waals surface area (Å²) < 4.78 is 64.2. The Morgan fingerprint density at radius 2 is 1.88 bits per heavy atom. The standard InChI is InChI=1S/C14H13F3N2O4S/c1-9-4-3-5-11(18-9)8-19-10(2)6-12(7-13(19)20)23-24(21,22)14(15,16)17/h3-7H,8H2,1-2H3. The second kappa shape index (κ2) is 6.27. The molecule has 0 saturated heterocycles. The molecule has 0 spiro atoms. The fourth-order valence-electron chi connectivity index (χ4n) is 1.97. The number of nitrogens with zero attached hydrogens (tertiary/aromatic N) is 2. The molecule has 0 N–H and O–H groups in total. The van der Waals surface area contributed by atoms with E-state index >= 15 is 0 Å². The smallest absolute Gasteiger partial charge is 0.376 e. The van der Waals surface area contributed by atoms with E-state index in [0.717, 1.165) is 11.8 Å². The van der Waals surface area contributed by atoms with Gasteiger partial charge in [0.25, 0.3) is 5.56 Å². The van der Waals surface area contributed by atoms with Gasteiger partial charge in [0, 0.05) is 23.5 Å². The van der Waals surface area contributed by atoms with E-state index in [2.05, 4.69) is 9.17 Å². The van der Waals surface area contributed by atoms with Crippen LogP contribution in [0.5, 0.6) is 5.75 Å². The van der Waals surface area contributed by atoms with E-state index in [-0.39, 0.29) is 12.2 Å². The molecule has 0 bridgehead atoms. The zero-order valence-electron chi connectivity index (χ0n) is 12.7. The molecule has 2 rings (SSSR count). The molecular weight excluding hydrogens is 349 g/mol. The van der Waals surface area contributed by atoms with Crippen LogP contribution >= 0.6 is 0 Å². The van der Waals surface area contributed by atoms with E-state index < -0.39 is 26.9 Å². The normalized spacial score (nSPS) is 12.2. The van der Waals surface area contributed by atoms with E-state index in [4.69, 9.17) is 0 Å². The molecule has 0 radical (unpaired) electrons. The number of halogens is 3. The highest BCUT2D eigenvalue weighted by Gasteiger charge is 2.48. The molecule has 0 aliphatic carbocycles. The van der Waals surface area contributed by atoms with Crippen molar-refractivity contribution < 1.29 is 25.8 Å². The summed E-state index contributed by atoms with van der Waals surface area (Å²) >= 11 is 0. The summed E-state index contributed by atoms with van der Waals surface area (Å²) in [5.74, 6) is -0.691. The van der Waals surface area contributed by atoms with Crippen LogP contribution in [0.25, 0.3) is 0 Å². The number of aryl methyl sites for hydroxylation is 2. The van der Waals surface area contributed by atoms with Gasteiger partial charge in [0.15, 0.2) is 0 Å². The highest BCUT2D eigenvalue weighted by Crippen LogP contribution is 2.26. The highest BCUT2D eigenvalue weighted by atomic mass is 32.2. The van der Waals surface area contributed by atoms with Crippen LogP contribution in [0.4, 0.5) is 13.2 Å². The van der Waals surface area contributed by atoms with Gasteiger partial charge in [-0.3, -0.25) is 9.78 Å². The first-order chi connectivity index (χ1) is 11.0. The van der Waals surface area contributed by atoms with Gasteiger partial charge >= 0.3 is 15.6 Å². The third kappa shape index (κ3) is 3.94. The van der Waals surface area contributed by atoms with Crippen molar-refractivity contribution >= 4 is 10.1 Å². The van der Waals surface area contributed by atoms with E-state index in [0.29, 0.717) is 11.8 Å². The van der Waals surface area contributed by atoms with Crippen molar-refractivity contribution in [2.45, 2.75) is 25.9 Å². The number of hydrogen-bond donors (Lipinski definition) is 0. The summed E-state index contributed by atoms with van der Waals surface area (Å²) in [5, 5.41) is 0. The minimum absolute atomic E-state index is 0.0959. The Morgan fingerprint density at radius 3 is 2.42 bits per heavy atom. The first kappa shape index (κ1) is 18.0. The number of aromatic nitrogens is 2. The number of rotatable bonds is 4. The predicted molar refractivity (Wildman–Crippen MR) is 79.1 cm³/mol. The van der Waals surface area contributed by atoms with Gasteiger partial charge in [0.1, 0.15) is 5.75 Å². The van der Waals surface area contributed by atoms with Crippen LogP contribution in [-0.2, 0) is 16.7 Å². The SMILES string of the molecule is Cc1cccc(Cn2c(C)cc(OS(=O)(=O)C(F)(F)F)cc2=O)n1. The molecule has 0 aromatic carbocycles. The second-order valence-corrected chi connectivity index (χ2v) is 6.55. The number of alkyl halides is 3. The Balaban J connectivity index is 2.34. The lowest BCUT2D eigenvalue weighted by Gasteiger charge is -2.13. The minimum atomic E-state index is -5.82. The maximum Gasteiger partial charge on any atom is 0.534 e. The summed E-state index contributed by atoms with van der Waals surface area (Å²) in [5.41, 5.74) is -4.71. The molecule has 0 fully saturated rings. The maximum absolute atomic E-state index is 12.3. The topological polar surface area (TPSA) is 78.3 Å². The molecule has 0 saturated carbocycles. The Bertz CT molecular complexity index is 920. The van der Waals surface area contributed by atoms with Gasteiger partial charge in [-0.25, -0.2) is 0 Å². The van der Waals surface area contributed by atoms with Crippen LogP contribution < -0.4 is 9.74 Å². The van der Waals surface area contributed by atoms with Crippen LogP contribution in [-0.4, -0.2) is 23.5 Å². The van der Waals surface area contributed by atoms with Crippen molar-refractivity contribution in [3.63, 3.8) is 0 Å². The Kier molecular flexibility index (Phi) is 4.70. The fraction of sp³-hybridized carbons (Fsp3) is 0.286. The van der Waals surface area contributed by atoms with Crippen LogP contribution in [0.15, 0.2) is 35.1 Å². The molecule has 6 nitrogen and oxygen atoms in total. The summed E-state index contributed by atoms with van der Waals surface area (Å²) in [4.78, 5) is 16.3. The fourth-order valence-corrected chi connectivity index (χ4v) is 2.42. The van der Waals surface area contributed by atoms with Gasteiger partial charge in [-0.2, -0.15) is 21.6 Å². The monoisotopic (exact) mass is 362 g/mol. The molecule has 10 heteroatoms. The molecule has 0 amide bonds. The summed E-state index contributed by atoms with van der Waals surface area (Å²) in [6, 6.07) is 6.95. The first-order valence-electron chi connectivity index (χ1n) is 6.64. The third-order valence-electron chi connectivity index (χ3n) is 3.06. The zero-order valence-corrected chi connectivity index (χ0v) is 13.5. The minimum Gasteiger partial charge on any atom is -0.376 e. The largest absolute Gasteiger partial charge is 0.534 e. The number of hydrogen-bond acceptors (Lipinski definition) is 5. The Labute approximate surface area is 135 Å². The van der Waals surface area contributed by atoms with Gasteiger partial charge in [0.05, 0.1) is 12.2 Å². The number of pyridine rings is 2. The second-order valence-electron chi connectivity index (χ2n) is 5.01. The average Bonchev–Trinajstić information content (AvgIpc) is 2.41. The van der Waals surface area contributed by atoms with Crippen molar-refractivity contribution in [2.75, 3.05) is 0 Å². The van der Waals surface area contributed by atoms with Crippen molar-refractivity contribution in [3.05, 3.63) is 57.8 Å². The van der Waals surface area contributed by atoms with Crippen LogP contribution in [0.1, 0.15) is 17.1 Å². The van der Waals surface area contributed by atoms with E-state index in [1.54, 1.807) is 25.1 Å². The van der Waals surface area contributed by atoms with Crippen LogP contribution in [0.3, 0.4) is 0 Å². The quantitative estimate of drug-likeness (QED) is 0.615. The summed E-state index contributed by atoms with van der Waals surface area (Å²) in [6.45, 7) is 3.32. The lowest BCUT2D eigenvalue weighted by atomic mass is 10.3. The van der Waals surface area contributed by atoms with Crippen molar-refractivity contribution in [1.29, 1.82) is 0 Å². The van der Waals surface area contributed by atoms with Crippen LogP contribution in [0, 0.1) is 13.8 Å². The van der Waals surface area contributed by atoms with Gasteiger partial charge in [-0.1, -0.05) is 6.07 Å². The average molecular weight is 362 g/mol. The summed E-state index contributed by atoms with van der Waals surface area (Å²) in [6.07, 6.45) is 0. The lowest BCUT2D eigenvalue weighted by Crippen LogP contribution is -2.29. The van der Waals surface area contributed by atoms with E-state index in [9.17, 15) is 26.4 Å². The van der Waals surface area contributed by atoms with Gasteiger partial charge in [-0.15, -0.1) is 0 Å². The molecule has 24 heavy (non-hydrogen) atoms. The lowest BCUT2D eigenvalue weighted by molar-refractivity contribution is -0.0500. The molecule has 130 valence electrons. The van der Waals surface area contributed by atoms with E-state index in [1.165, 1.54) is 11.5 Å². The molecule has 2 heterocycles. The molecular formula is C14H13F3N2O4S. The Morgan fingerprint density at radius 1 is 1.21 bits per heavy atom. The van der Waals surface area contributed by atoms with Gasteiger partial charge in [0.2, 0.25) is 0 Å². The van der Waals surface area contributed by atoms with Gasteiger partial charge in [-0.05, 0) is 26.0 Å². The highest BCUT2D eigenvalue weighted by molar-refractivity contribution is 7.88.